The van der Waals surface area contributed by atoms with Crippen LogP contribution < -0.4 is 0 Å². The molecule has 0 aromatic rings. The highest BCUT2D eigenvalue weighted by molar-refractivity contribution is 5.69. The van der Waals surface area contributed by atoms with Crippen molar-refractivity contribution in [3.63, 3.8) is 0 Å². The summed E-state index contributed by atoms with van der Waals surface area (Å²) in [4.78, 5) is 13.5. The number of carbonyl (C=O) groups is 1. The van der Waals surface area contributed by atoms with Gasteiger partial charge in [0.2, 0.25) is 0 Å². The number of esters is 1. The quantitative estimate of drug-likeness (QED) is 0.201. The smallest absolute Gasteiger partial charge is 0.305 e. The highest BCUT2D eigenvalue weighted by Gasteiger charge is 1.99. The predicted molar refractivity (Wildman–Crippen MR) is 49.1 cm³/mol. The molecule has 0 amide bonds. The molecule has 0 saturated carbocycles. The van der Waals surface area contributed by atoms with Crippen LogP contribution in [0.2, 0.25) is 0 Å². The summed E-state index contributed by atoms with van der Waals surface area (Å²) in [6, 6.07) is 0. The van der Waals surface area contributed by atoms with E-state index in [0.29, 0.717) is 19.6 Å². The molecule has 0 saturated heterocycles. The first kappa shape index (κ1) is 11.8. The van der Waals surface area contributed by atoms with Gasteiger partial charge in [-0.1, -0.05) is 11.5 Å². The lowest BCUT2D eigenvalue weighted by Gasteiger charge is -2.00. The minimum atomic E-state index is -0.147. The van der Waals surface area contributed by atoms with Gasteiger partial charge in [-0.15, -0.1) is 0 Å². The Labute approximate surface area is 77.7 Å². The average molecular weight is 185 g/mol. The summed E-state index contributed by atoms with van der Waals surface area (Å²) in [5.74, 6) is -0.147. The number of nitrogens with zero attached hydrogens (tertiary/aromatic N) is 3. The van der Waals surface area contributed by atoms with E-state index in [9.17, 15) is 4.79 Å². The molecule has 0 N–H and O–H groups in total. The Kier molecular flexibility index (Phi) is 8.04. The molecular weight excluding hydrogens is 170 g/mol. The monoisotopic (exact) mass is 185 g/mol. The number of rotatable bonds is 7. The van der Waals surface area contributed by atoms with Gasteiger partial charge in [0.15, 0.2) is 0 Å². The molecule has 0 bridgehead atoms. The second-order valence-corrected chi connectivity index (χ2v) is 2.57. The van der Waals surface area contributed by atoms with Crippen molar-refractivity contribution >= 4 is 5.97 Å². The van der Waals surface area contributed by atoms with Crippen molar-refractivity contribution in [3.05, 3.63) is 10.4 Å². The molecule has 0 spiro atoms. The van der Waals surface area contributed by atoms with Crippen molar-refractivity contribution in [3.8, 4) is 0 Å². The standard InChI is InChI=1S/C8H15N3O2/c1-2-13-8(12)6-4-3-5-7-10-11-9/h2-7H2,1H3. The topological polar surface area (TPSA) is 75.1 Å². The third-order valence-electron chi connectivity index (χ3n) is 1.51. The number of azide groups is 1. The largest absolute Gasteiger partial charge is 0.466 e. The average Bonchev–Trinajstić information content (AvgIpc) is 2.11. The van der Waals surface area contributed by atoms with Crippen LogP contribution in [0.15, 0.2) is 5.11 Å². The van der Waals surface area contributed by atoms with Crippen molar-refractivity contribution < 1.29 is 9.53 Å². The molecule has 5 heteroatoms. The fraction of sp³-hybridized carbons (Fsp3) is 0.875. The maximum absolute atomic E-state index is 10.8. The molecule has 5 nitrogen and oxygen atoms in total. The molecule has 0 aromatic carbocycles. The third kappa shape index (κ3) is 8.69. The minimum Gasteiger partial charge on any atom is -0.466 e. The summed E-state index contributed by atoms with van der Waals surface area (Å²) in [5, 5.41) is 3.39. The van der Waals surface area contributed by atoms with Crippen LogP contribution in [0.25, 0.3) is 10.4 Å². The highest BCUT2D eigenvalue weighted by atomic mass is 16.5. The van der Waals surface area contributed by atoms with Gasteiger partial charge in [0, 0.05) is 17.9 Å². The van der Waals surface area contributed by atoms with Crippen LogP contribution in [0.1, 0.15) is 32.6 Å². The lowest BCUT2D eigenvalue weighted by Crippen LogP contribution is -2.03. The van der Waals surface area contributed by atoms with Gasteiger partial charge in [-0.3, -0.25) is 4.79 Å². The first-order valence-corrected chi connectivity index (χ1v) is 4.47. The van der Waals surface area contributed by atoms with E-state index in [4.69, 9.17) is 10.3 Å². The Morgan fingerprint density at radius 2 is 2.23 bits per heavy atom. The van der Waals surface area contributed by atoms with Crippen molar-refractivity contribution in [1.29, 1.82) is 0 Å². The molecule has 0 aromatic heterocycles. The molecule has 0 unspecified atom stereocenters. The molecule has 0 aliphatic carbocycles. The number of ether oxygens (including phenoxy) is 1. The summed E-state index contributed by atoms with van der Waals surface area (Å²) in [6.45, 7) is 2.75. The van der Waals surface area contributed by atoms with Crippen LogP contribution in [-0.4, -0.2) is 19.1 Å². The van der Waals surface area contributed by atoms with Gasteiger partial charge in [-0.25, -0.2) is 0 Å². The van der Waals surface area contributed by atoms with E-state index >= 15 is 0 Å². The number of hydrogen-bond donors (Lipinski definition) is 0. The second kappa shape index (κ2) is 8.87. The highest BCUT2D eigenvalue weighted by Crippen LogP contribution is 2.01. The van der Waals surface area contributed by atoms with Gasteiger partial charge < -0.3 is 4.74 Å². The van der Waals surface area contributed by atoms with Gasteiger partial charge in [0.1, 0.15) is 0 Å². The predicted octanol–water partition coefficient (Wildman–Crippen LogP) is 2.42. The van der Waals surface area contributed by atoms with Crippen LogP contribution >= 0.6 is 0 Å². The van der Waals surface area contributed by atoms with Crippen LogP contribution in [0.5, 0.6) is 0 Å². The molecule has 74 valence electrons. The number of hydrogen-bond acceptors (Lipinski definition) is 3. The van der Waals surface area contributed by atoms with Gasteiger partial charge >= 0.3 is 5.97 Å². The van der Waals surface area contributed by atoms with Crippen molar-refractivity contribution in [2.24, 2.45) is 5.11 Å². The molecule has 13 heavy (non-hydrogen) atoms. The normalized spacial score (nSPS) is 9.00. The molecule has 0 fully saturated rings. The molecule has 0 rings (SSSR count). The van der Waals surface area contributed by atoms with E-state index in [-0.39, 0.29) is 5.97 Å². The van der Waals surface area contributed by atoms with Crippen LogP contribution in [-0.2, 0) is 9.53 Å². The molecular formula is C8H15N3O2. The Balaban J connectivity index is 3.15. The Morgan fingerprint density at radius 3 is 2.85 bits per heavy atom. The summed E-state index contributed by atoms with van der Waals surface area (Å²) in [6.07, 6.45) is 3.01. The molecule has 0 radical (unpaired) electrons. The lowest BCUT2D eigenvalue weighted by atomic mass is 10.2. The van der Waals surface area contributed by atoms with E-state index < -0.39 is 0 Å². The van der Waals surface area contributed by atoms with Gasteiger partial charge in [-0.2, -0.15) is 0 Å². The van der Waals surface area contributed by atoms with E-state index in [1.807, 2.05) is 0 Å². The molecule has 0 heterocycles. The number of unbranched alkanes of at least 4 members (excludes halogenated alkanes) is 2. The minimum absolute atomic E-state index is 0.147. The fourth-order valence-electron chi connectivity index (χ4n) is 0.907. The zero-order chi connectivity index (χ0) is 9.94. The third-order valence-corrected chi connectivity index (χ3v) is 1.51. The van der Waals surface area contributed by atoms with Crippen molar-refractivity contribution in [2.45, 2.75) is 32.6 Å². The van der Waals surface area contributed by atoms with E-state index in [2.05, 4.69) is 10.0 Å². The molecule has 0 aliphatic rings. The lowest BCUT2D eigenvalue weighted by molar-refractivity contribution is -0.143. The van der Waals surface area contributed by atoms with E-state index in [1.165, 1.54) is 0 Å². The van der Waals surface area contributed by atoms with Crippen LogP contribution in [0.3, 0.4) is 0 Å². The summed E-state index contributed by atoms with van der Waals surface area (Å²) in [5.41, 5.74) is 7.97. The van der Waals surface area contributed by atoms with Gasteiger partial charge in [-0.05, 0) is 25.3 Å². The van der Waals surface area contributed by atoms with Crippen LogP contribution in [0, 0.1) is 0 Å². The van der Waals surface area contributed by atoms with E-state index in [0.717, 1.165) is 19.3 Å². The Hall–Kier alpha value is -1.22. The molecule has 0 aliphatic heterocycles. The maximum atomic E-state index is 10.8. The summed E-state index contributed by atoms with van der Waals surface area (Å²) < 4.78 is 4.75. The van der Waals surface area contributed by atoms with Crippen molar-refractivity contribution in [2.75, 3.05) is 13.2 Å². The first-order valence-electron chi connectivity index (χ1n) is 4.47. The molecule has 0 atom stereocenters. The van der Waals surface area contributed by atoms with Crippen LogP contribution in [0.4, 0.5) is 0 Å². The van der Waals surface area contributed by atoms with Gasteiger partial charge in [0.25, 0.3) is 0 Å². The Bertz CT molecular complexity index is 188. The zero-order valence-electron chi connectivity index (χ0n) is 7.90. The number of carbonyl (C=O) groups excluding carboxylic acids is 1. The summed E-state index contributed by atoms with van der Waals surface area (Å²) in [7, 11) is 0. The zero-order valence-corrected chi connectivity index (χ0v) is 7.90. The van der Waals surface area contributed by atoms with Crippen molar-refractivity contribution in [1.82, 2.24) is 0 Å². The van der Waals surface area contributed by atoms with Gasteiger partial charge in [0.05, 0.1) is 6.61 Å². The fourth-order valence-corrected chi connectivity index (χ4v) is 0.907. The van der Waals surface area contributed by atoms with E-state index in [1.54, 1.807) is 6.92 Å². The second-order valence-electron chi connectivity index (χ2n) is 2.57. The first-order chi connectivity index (χ1) is 6.31. The maximum Gasteiger partial charge on any atom is 0.305 e. The summed E-state index contributed by atoms with van der Waals surface area (Å²) >= 11 is 0. The SMILES string of the molecule is CCOC(=O)CCCCCN=[N+]=[N-]. The Morgan fingerprint density at radius 1 is 1.46 bits per heavy atom.